The van der Waals surface area contributed by atoms with Crippen molar-refractivity contribution in [2.45, 2.75) is 33.0 Å². The van der Waals surface area contributed by atoms with E-state index in [4.69, 9.17) is 4.74 Å². The fourth-order valence-electron chi connectivity index (χ4n) is 2.59. The van der Waals surface area contributed by atoms with Gasteiger partial charge in [0.15, 0.2) is 6.29 Å². The fourth-order valence-corrected chi connectivity index (χ4v) is 2.59. The van der Waals surface area contributed by atoms with E-state index < -0.39 is 6.29 Å². The van der Waals surface area contributed by atoms with Crippen LogP contribution < -0.4 is 0 Å². The van der Waals surface area contributed by atoms with E-state index in [0.717, 1.165) is 0 Å². The summed E-state index contributed by atoms with van der Waals surface area (Å²) in [7, 11) is 0. The van der Waals surface area contributed by atoms with E-state index in [-0.39, 0.29) is 0 Å². The van der Waals surface area contributed by atoms with Gasteiger partial charge in [-0.15, -0.1) is 0 Å². The lowest BCUT2D eigenvalue weighted by Crippen LogP contribution is -2.32. The molecule has 0 aromatic rings. The summed E-state index contributed by atoms with van der Waals surface area (Å²) >= 11 is 0. The Balaban J connectivity index is 2.23. The number of aliphatic hydroxyl groups excluding tert-OH is 1. The SMILES string of the molecule is CC1=CO[C@@H](O)[C@@H]2[C@@H](C)CC[C@@H]12. The van der Waals surface area contributed by atoms with Crippen LogP contribution in [0.2, 0.25) is 0 Å². The average molecular weight is 168 g/mol. The van der Waals surface area contributed by atoms with Crippen LogP contribution in [0.3, 0.4) is 0 Å². The zero-order valence-corrected chi connectivity index (χ0v) is 7.66. The van der Waals surface area contributed by atoms with Gasteiger partial charge in [-0.05, 0) is 37.2 Å². The number of allylic oxidation sites excluding steroid dienone is 1. The van der Waals surface area contributed by atoms with Gasteiger partial charge in [0.05, 0.1) is 6.26 Å². The number of fused-ring (bicyclic) bond motifs is 1. The number of hydrogen-bond acceptors (Lipinski definition) is 2. The molecule has 1 aliphatic carbocycles. The Bertz CT molecular complexity index is 210. The highest BCUT2D eigenvalue weighted by Gasteiger charge is 2.42. The highest BCUT2D eigenvalue weighted by atomic mass is 16.6. The molecule has 68 valence electrons. The van der Waals surface area contributed by atoms with Gasteiger partial charge in [0.25, 0.3) is 0 Å². The van der Waals surface area contributed by atoms with Crippen LogP contribution in [0.5, 0.6) is 0 Å². The van der Waals surface area contributed by atoms with E-state index in [2.05, 4.69) is 13.8 Å². The third-order valence-corrected chi connectivity index (χ3v) is 3.36. The molecule has 1 saturated carbocycles. The molecular weight excluding hydrogens is 152 g/mol. The standard InChI is InChI=1S/C10H16O2/c1-6-3-4-8-7(2)5-12-10(11)9(6)8/h5-6,8-11H,3-4H2,1-2H3/t6-,8-,9+,10+/m0/s1. The van der Waals surface area contributed by atoms with Crippen LogP contribution in [0.15, 0.2) is 11.8 Å². The lowest BCUT2D eigenvalue weighted by molar-refractivity contribution is -0.121. The highest BCUT2D eigenvalue weighted by Crippen LogP contribution is 2.45. The summed E-state index contributed by atoms with van der Waals surface area (Å²) < 4.78 is 5.17. The normalized spacial score (nSPS) is 46.4. The van der Waals surface area contributed by atoms with Crippen molar-refractivity contribution in [3.05, 3.63) is 11.8 Å². The van der Waals surface area contributed by atoms with Gasteiger partial charge in [-0.25, -0.2) is 0 Å². The molecule has 0 amide bonds. The number of hydrogen-bond donors (Lipinski definition) is 1. The minimum atomic E-state index is -0.559. The van der Waals surface area contributed by atoms with Crippen molar-refractivity contribution >= 4 is 0 Å². The van der Waals surface area contributed by atoms with Crippen LogP contribution >= 0.6 is 0 Å². The van der Waals surface area contributed by atoms with Gasteiger partial charge in [0.1, 0.15) is 0 Å². The third-order valence-electron chi connectivity index (χ3n) is 3.36. The summed E-state index contributed by atoms with van der Waals surface area (Å²) in [6.45, 7) is 4.30. The maximum absolute atomic E-state index is 9.60. The van der Waals surface area contributed by atoms with E-state index in [0.29, 0.717) is 17.8 Å². The second kappa shape index (κ2) is 2.77. The summed E-state index contributed by atoms with van der Waals surface area (Å²) in [6, 6.07) is 0. The zero-order valence-electron chi connectivity index (χ0n) is 7.66. The van der Waals surface area contributed by atoms with E-state index in [1.54, 1.807) is 6.26 Å². The lowest BCUT2D eigenvalue weighted by atomic mass is 9.84. The quantitative estimate of drug-likeness (QED) is 0.598. The van der Waals surface area contributed by atoms with Crippen molar-refractivity contribution in [3.8, 4) is 0 Å². The van der Waals surface area contributed by atoms with E-state index in [9.17, 15) is 5.11 Å². The van der Waals surface area contributed by atoms with E-state index >= 15 is 0 Å². The molecule has 12 heavy (non-hydrogen) atoms. The zero-order chi connectivity index (χ0) is 8.72. The monoisotopic (exact) mass is 168 g/mol. The van der Waals surface area contributed by atoms with E-state index in [1.165, 1.54) is 18.4 Å². The highest BCUT2D eigenvalue weighted by molar-refractivity contribution is 5.09. The lowest BCUT2D eigenvalue weighted by Gasteiger charge is -2.31. The molecular formula is C10H16O2. The maximum Gasteiger partial charge on any atom is 0.200 e. The Morgan fingerprint density at radius 1 is 1.50 bits per heavy atom. The molecule has 1 fully saturated rings. The van der Waals surface area contributed by atoms with Crippen molar-refractivity contribution in [2.24, 2.45) is 17.8 Å². The molecule has 1 heterocycles. The number of rotatable bonds is 0. The molecule has 0 unspecified atom stereocenters. The molecule has 1 aliphatic heterocycles. The number of aliphatic hydroxyl groups is 1. The molecule has 1 N–H and O–H groups in total. The fraction of sp³-hybridized carbons (Fsp3) is 0.800. The molecule has 0 radical (unpaired) electrons. The topological polar surface area (TPSA) is 29.5 Å². The summed E-state index contributed by atoms with van der Waals surface area (Å²) in [5.41, 5.74) is 1.30. The number of ether oxygens (including phenoxy) is 1. The first-order valence-corrected chi connectivity index (χ1v) is 4.70. The molecule has 2 heteroatoms. The third kappa shape index (κ3) is 1.06. The molecule has 0 spiro atoms. The first kappa shape index (κ1) is 8.11. The van der Waals surface area contributed by atoms with Crippen LogP contribution in [0.25, 0.3) is 0 Å². The maximum atomic E-state index is 9.60. The van der Waals surface area contributed by atoms with Gasteiger partial charge in [-0.3, -0.25) is 0 Å². The first-order chi connectivity index (χ1) is 5.70. The van der Waals surface area contributed by atoms with Gasteiger partial charge in [0.2, 0.25) is 0 Å². The van der Waals surface area contributed by atoms with Crippen molar-refractivity contribution in [1.82, 2.24) is 0 Å². The molecule has 2 rings (SSSR count). The molecule has 0 saturated heterocycles. The molecule has 0 aromatic carbocycles. The van der Waals surface area contributed by atoms with Gasteiger partial charge in [-0.1, -0.05) is 6.92 Å². The summed E-state index contributed by atoms with van der Waals surface area (Å²) in [5, 5.41) is 9.60. The smallest absolute Gasteiger partial charge is 0.200 e. The van der Waals surface area contributed by atoms with Crippen LogP contribution in [0, 0.1) is 17.8 Å². The molecule has 2 aliphatic rings. The van der Waals surface area contributed by atoms with Crippen LogP contribution in [-0.2, 0) is 4.74 Å². The molecule has 0 bridgehead atoms. The van der Waals surface area contributed by atoms with Crippen LogP contribution in [-0.4, -0.2) is 11.4 Å². The average Bonchev–Trinajstić information content (AvgIpc) is 2.42. The van der Waals surface area contributed by atoms with Crippen molar-refractivity contribution in [1.29, 1.82) is 0 Å². The molecule has 4 atom stereocenters. The second-order valence-corrected chi connectivity index (χ2v) is 4.13. The Labute approximate surface area is 73.2 Å². The van der Waals surface area contributed by atoms with E-state index in [1.807, 2.05) is 0 Å². The van der Waals surface area contributed by atoms with Gasteiger partial charge in [0, 0.05) is 5.92 Å². The van der Waals surface area contributed by atoms with Gasteiger partial charge < -0.3 is 9.84 Å². The largest absolute Gasteiger partial charge is 0.472 e. The Morgan fingerprint density at radius 2 is 2.25 bits per heavy atom. The summed E-state index contributed by atoms with van der Waals surface area (Å²) in [4.78, 5) is 0. The van der Waals surface area contributed by atoms with Gasteiger partial charge in [-0.2, -0.15) is 0 Å². The minimum Gasteiger partial charge on any atom is -0.472 e. The summed E-state index contributed by atoms with van der Waals surface area (Å²) in [6.07, 6.45) is 3.61. The van der Waals surface area contributed by atoms with Crippen LogP contribution in [0.4, 0.5) is 0 Å². The van der Waals surface area contributed by atoms with Crippen LogP contribution in [0.1, 0.15) is 26.7 Å². The molecule has 0 aromatic heterocycles. The van der Waals surface area contributed by atoms with Crippen molar-refractivity contribution in [3.63, 3.8) is 0 Å². The Morgan fingerprint density at radius 3 is 2.92 bits per heavy atom. The predicted molar refractivity (Wildman–Crippen MR) is 46.2 cm³/mol. The van der Waals surface area contributed by atoms with Crippen molar-refractivity contribution in [2.75, 3.05) is 0 Å². The minimum absolute atomic E-state index is 0.343. The Kier molecular flexibility index (Phi) is 1.87. The van der Waals surface area contributed by atoms with Gasteiger partial charge >= 0.3 is 0 Å². The summed E-state index contributed by atoms with van der Waals surface area (Å²) in [5.74, 6) is 1.52. The second-order valence-electron chi connectivity index (χ2n) is 4.13. The van der Waals surface area contributed by atoms with Crippen molar-refractivity contribution < 1.29 is 9.84 Å². The predicted octanol–water partition coefficient (Wildman–Crippen LogP) is 1.90. The molecule has 2 nitrogen and oxygen atoms in total. The first-order valence-electron chi connectivity index (χ1n) is 4.70. The Hall–Kier alpha value is -0.500.